The summed E-state index contributed by atoms with van der Waals surface area (Å²) in [6.07, 6.45) is 3.94. The summed E-state index contributed by atoms with van der Waals surface area (Å²) in [6, 6.07) is 7.77. The van der Waals surface area contributed by atoms with Crippen LogP contribution in [0.5, 0.6) is 5.75 Å². The second-order valence-electron chi connectivity index (χ2n) is 5.46. The summed E-state index contributed by atoms with van der Waals surface area (Å²) in [5, 5.41) is 9.10. The lowest BCUT2D eigenvalue weighted by molar-refractivity contribution is 0.101. The Morgan fingerprint density at radius 3 is 2.53 bits per heavy atom. The Hall–Kier alpha value is -1.02. The Kier molecular flexibility index (Phi) is 4.06. The molecule has 2 rings (SSSR count). The average molecular weight is 234 g/mol. The second kappa shape index (κ2) is 5.54. The molecule has 1 aliphatic carbocycles. The molecule has 2 unspecified atom stereocenters. The molecule has 0 spiro atoms. The van der Waals surface area contributed by atoms with Gasteiger partial charge in [0.1, 0.15) is 5.75 Å². The maximum absolute atomic E-state index is 9.10. The summed E-state index contributed by atoms with van der Waals surface area (Å²) in [5.41, 5.74) is 0.916. The minimum Gasteiger partial charge on any atom is -0.490 e. The zero-order chi connectivity index (χ0) is 12.3. The molecule has 1 aliphatic rings. The molecule has 1 aromatic carbocycles. The topological polar surface area (TPSA) is 29.5 Å². The first kappa shape index (κ1) is 12.4. The fourth-order valence-corrected chi connectivity index (χ4v) is 2.88. The van der Waals surface area contributed by atoms with Gasteiger partial charge in [0.05, 0.1) is 12.7 Å². The first-order valence-corrected chi connectivity index (χ1v) is 6.54. The number of benzene rings is 1. The minimum absolute atomic E-state index is 0.0780. The van der Waals surface area contributed by atoms with Gasteiger partial charge in [-0.1, -0.05) is 26.0 Å². The lowest BCUT2D eigenvalue weighted by Gasteiger charge is -2.31. The third-order valence-corrected chi connectivity index (χ3v) is 3.52. The van der Waals surface area contributed by atoms with Crippen molar-refractivity contribution >= 4 is 0 Å². The van der Waals surface area contributed by atoms with Crippen LogP contribution in [0.1, 0.15) is 38.7 Å². The highest BCUT2D eigenvalue weighted by Gasteiger charge is 2.25. The van der Waals surface area contributed by atoms with Crippen molar-refractivity contribution in [1.29, 1.82) is 0 Å². The van der Waals surface area contributed by atoms with E-state index in [1.54, 1.807) is 0 Å². The molecule has 2 nitrogen and oxygen atoms in total. The maximum atomic E-state index is 9.10. The molecule has 1 fully saturated rings. The molecule has 2 atom stereocenters. The van der Waals surface area contributed by atoms with Crippen LogP contribution >= 0.6 is 0 Å². The molecule has 0 amide bonds. The third-order valence-electron chi connectivity index (χ3n) is 3.52. The molecule has 1 aromatic rings. The molecule has 0 radical (unpaired) electrons. The summed E-state index contributed by atoms with van der Waals surface area (Å²) >= 11 is 0. The normalized spacial score (nSPS) is 29.0. The van der Waals surface area contributed by atoms with Gasteiger partial charge in [-0.15, -0.1) is 0 Å². The van der Waals surface area contributed by atoms with E-state index in [4.69, 9.17) is 9.84 Å². The SMILES string of the molecule is CC1CC(C)CC(Oc2cccc(CO)c2)C1. The van der Waals surface area contributed by atoms with Crippen molar-refractivity contribution in [3.05, 3.63) is 29.8 Å². The van der Waals surface area contributed by atoms with Crippen molar-refractivity contribution in [2.45, 2.75) is 45.8 Å². The van der Waals surface area contributed by atoms with Crippen molar-refractivity contribution in [3.8, 4) is 5.75 Å². The highest BCUT2D eigenvalue weighted by molar-refractivity contribution is 5.28. The van der Waals surface area contributed by atoms with Gasteiger partial charge in [0.2, 0.25) is 0 Å². The number of rotatable bonds is 3. The van der Waals surface area contributed by atoms with Crippen molar-refractivity contribution in [2.24, 2.45) is 11.8 Å². The van der Waals surface area contributed by atoms with E-state index >= 15 is 0 Å². The molecular formula is C15H22O2. The van der Waals surface area contributed by atoms with Crippen LogP contribution in [-0.4, -0.2) is 11.2 Å². The first-order valence-electron chi connectivity index (χ1n) is 6.54. The van der Waals surface area contributed by atoms with E-state index < -0.39 is 0 Å². The van der Waals surface area contributed by atoms with Gasteiger partial charge in [-0.3, -0.25) is 0 Å². The van der Waals surface area contributed by atoms with Gasteiger partial charge in [-0.25, -0.2) is 0 Å². The van der Waals surface area contributed by atoms with E-state index in [9.17, 15) is 0 Å². The lowest BCUT2D eigenvalue weighted by Crippen LogP contribution is -2.28. The quantitative estimate of drug-likeness (QED) is 0.868. The van der Waals surface area contributed by atoms with Crippen LogP contribution in [0.2, 0.25) is 0 Å². The number of hydrogen-bond donors (Lipinski definition) is 1. The largest absolute Gasteiger partial charge is 0.490 e. The van der Waals surface area contributed by atoms with Gasteiger partial charge < -0.3 is 9.84 Å². The zero-order valence-electron chi connectivity index (χ0n) is 10.7. The van der Waals surface area contributed by atoms with Gasteiger partial charge in [0, 0.05) is 0 Å². The summed E-state index contributed by atoms with van der Waals surface area (Å²) in [7, 11) is 0. The molecular weight excluding hydrogens is 212 g/mol. The highest BCUT2D eigenvalue weighted by Crippen LogP contribution is 2.31. The fourth-order valence-electron chi connectivity index (χ4n) is 2.88. The van der Waals surface area contributed by atoms with Crippen molar-refractivity contribution in [2.75, 3.05) is 0 Å². The summed E-state index contributed by atoms with van der Waals surface area (Å²) in [6.45, 7) is 4.68. The van der Waals surface area contributed by atoms with Crippen LogP contribution in [0.25, 0.3) is 0 Å². The Morgan fingerprint density at radius 2 is 1.88 bits per heavy atom. The van der Waals surface area contributed by atoms with Crippen LogP contribution in [0.4, 0.5) is 0 Å². The minimum atomic E-state index is 0.0780. The molecule has 1 saturated carbocycles. The molecule has 1 N–H and O–H groups in total. The Labute approximate surface area is 104 Å². The molecule has 94 valence electrons. The van der Waals surface area contributed by atoms with Gasteiger partial charge in [-0.2, -0.15) is 0 Å². The zero-order valence-corrected chi connectivity index (χ0v) is 10.7. The van der Waals surface area contributed by atoms with Crippen molar-refractivity contribution in [3.63, 3.8) is 0 Å². The number of ether oxygens (including phenoxy) is 1. The summed E-state index contributed by atoms with van der Waals surface area (Å²) in [4.78, 5) is 0. The molecule has 0 bridgehead atoms. The average Bonchev–Trinajstić information content (AvgIpc) is 2.28. The number of aliphatic hydroxyl groups excluding tert-OH is 1. The molecule has 17 heavy (non-hydrogen) atoms. The van der Waals surface area contributed by atoms with E-state index in [2.05, 4.69) is 13.8 Å². The standard InChI is InChI=1S/C15H22O2/c1-11-6-12(2)8-15(7-11)17-14-5-3-4-13(9-14)10-16/h3-5,9,11-12,15-16H,6-8,10H2,1-2H3. The van der Waals surface area contributed by atoms with Crippen LogP contribution in [0, 0.1) is 11.8 Å². The van der Waals surface area contributed by atoms with Gasteiger partial charge in [-0.05, 0) is 48.8 Å². The van der Waals surface area contributed by atoms with Gasteiger partial charge in [0.15, 0.2) is 0 Å². The van der Waals surface area contributed by atoms with E-state index in [0.29, 0.717) is 6.10 Å². The molecule has 0 aliphatic heterocycles. The van der Waals surface area contributed by atoms with Gasteiger partial charge in [0.25, 0.3) is 0 Å². The molecule has 2 heteroatoms. The Morgan fingerprint density at radius 1 is 1.18 bits per heavy atom. The Bertz CT molecular complexity index is 352. The number of hydrogen-bond acceptors (Lipinski definition) is 2. The summed E-state index contributed by atoms with van der Waals surface area (Å²) in [5.74, 6) is 2.40. The summed E-state index contributed by atoms with van der Waals surface area (Å²) < 4.78 is 6.03. The van der Waals surface area contributed by atoms with E-state index in [1.807, 2.05) is 24.3 Å². The van der Waals surface area contributed by atoms with E-state index in [-0.39, 0.29) is 6.61 Å². The van der Waals surface area contributed by atoms with Crippen LogP contribution in [0.15, 0.2) is 24.3 Å². The second-order valence-corrected chi connectivity index (χ2v) is 5.46. The van der Waals surface area contributed by atoms with Crippen LogP contribution in [0.3, 0.4) is 0 Å². The van der Waals surface area contributed by atoms with Crippen molar-refractivity contribution in [1.82, 2.24) is 0 Å². The van der Waals surface area contributed by atoms with Crippen LogP contribution < -0.4 is 4.74 Å². The highest BCUT2D eigenvalue weighted by atomic mass is 16.5. The lowest BCUT2D eigenvalue weighted by atomic mass is 9.82. The monoisotopic (exact) mass is 234 g/mol. The fraction of sp³-hybridized carbons (Fsp3) is 0.600. The van der Waals surface area contributed by atoms with Gasteiger partial charge >= 0.3 is 0 Å². The molecule has 0 heterocycles. The smallest absolute Gasteiger partial charge is 0.120 e. The molecule has 0 saturated heterocycles. The first-order chi connectivity index (χ1) is 8.17. The molecule has 0 aromatic heterocycles. The predicted octanol–water partition coefficient (Wildman–Crippen LogP) is 3.38. The maximum Gasteiger partial charge on any atom is 0.120 e. The van der Waals surface area contributed by atoms with E-state index in [0.717, 1.165) is 36.0 Å². The van der Waals surface area contributed by atoms with Crippen LogP contribution in [-0.2, 0) is 6.61 Å². The Balaban J connectivity index is 1.99. The van der Waals surface area contributed by atoms with Crippen molar-refractivity contribution < 1.29 is 9.84 Å². The third kappa shape index (κ3) is 3.47. The number of aliphatic hydroxyl groups is 1. The van der Waals surface area contributed by atoms with E-state index in [1.165, 1.54) is 6.42 Å². The predicted molar refractivity (Wildman–Crippen MR) is 69.0 cm³/mol.